The summed E-state index contributed by atoms with van der Waals surface area (Å²) in [6, 6.07) is 5.26. The molecule has 0 heterocycles. The van der Waals surface area contributed by atoms with Crippen molar-refractivity contribution in [3.05, 3.63) is 35.1 Å². The fourth-order valence-electron chi connectivity index (χ4n) is 2.48. The average molecular weight is 322 g/mol. The van der Waals surface area contributed by atoms with Gasteiger partial charge in [0.05, 0.1) is 6.54 Å². The lowest BCUT2D eigenvalue weighted by Crippen LogP contribution is -2.44. The molecule has 4 nitrogen and oxygen atoms in total. The average Bonchev–Trinajstić information content (AvgIpc) is 2.44. The Morgan fingerprint density at radius 2 is 1.96 bits per heavy atom. The molecule has 1 aromatic carbocycles. The van der Waals surface area contributed by atoms with E-state index in [-0.39, 0.29) is 11.2 Å². The molecule has 0 atom stereocenters. The second kappa shape index (κ2) is 8.87. The van der Waals surface area contributed by atoms with Crippen molar-refractivity contribution in [2.75, 3.05) is 33.7 Å². The first-order valence-corrected chi connectivity index (χ1v) is 8.15. The summed E-state index contributed by atoms with van der Waals surface area (Å²) in [5.41, 5.74) is 1.67. The van der Waals surface area contributed by atoms with E-state index in [9.17, 15) is 4.39 Å². The molecule has 0 radical (unpaired) electrons. The maximum absolute atomic E-state index is 13.6. The minimum Gasteiger partial charge on any atom is -0.357 e. The number of hydrogen-bond donors (Lipinski definition) is 2. The van der Waals surface area contributed by atoms with Gasteiger partial charge in [-0.1, -0.05) is 26.0 Å². The second-order valence-corrected chi connectivity index (χ2v) is 7.03. The number of benzene rings is 1. The first kappa shape index (κ1) is 19.4. The van der Waals surface area contributed by atoms with E-state index in [0.717, 1.165) is 31.2 Å². The normalized spacial score (nSPS) is 12.6. The largest absolute Gasteiger partial charge is 0.357 e. The topological polar surface area (TPSA) is 39.7 Å². The number of rotatable bonds is 7. The summed E-state index contributed by atoms with van der Waals surface area (Å²) in [5, 5.41) is 6.62. The molecule has 5 heteroatoms. The third-order valence-corrected chi connectivity index (χ3v) is 3.48. The van der Waals surface area contributed by atoms with Gasteiger partial charge in [0.25, 0.3) is 0 Å². The highest BCUT2D eigenvalue weighted by molar-refractivity contribution is 5.79. The van der Waals surface area contributed by atoms with E-state index < -0.39 is 0 Å². The maximum atomic E-state index is 13.6. The van der Waals surface area contributed by atoms with Gasteiger partial charge in [0.1, 0.15) is 5.82 Å². The first-order chi connectivity index (χ1) is 10.7. The molecule has 0 fully saturated rings. The molecule has 0 saturated heterocycles. The van der Waals surface area contributed by atoms with Crippen LogP contribution in [-0.4, -0.2) is 44.6 Å². The van der Waals surface area contributed by atoms with Crippen molar-refractivity contribution < 1.29 is 4.39 Å². The molecule has 23 heavy (non-hydrogen) atoms. The highest BCUT2D eigenvalue weighted by Crippen LogP contribution is 2.14. The monoisotopic (exact) mass is 322 g/mol. The van der Waals surface area contributed by atoms with Crippen LogP contribution in [0.1, 0.15) is 31.9 Å². The number of nitrogens with zero attached hydrogens (tertiary/aromatic N) is 2. The van der Waals surface area contributed by atoms with E-state index in [4.69, 9.17) is 0 Å². The number of aliphatic imine (C=N–C) groups is 1. The summed E-state index contributed by atoms with van der Waals surface area (Å²) in [4.78, 5) is 6.73. The molecule has 1 rings (SSSR count). The predicted octanol–water partition coefficient (Wildman–Crippen LogP) is 2.78. The molecular formula is C18H31FN4. The summed E-state index contributed by atoms with van der Waals surface area (Å²) < 4.78 is 13.6. The van der Waals surface area contributed by atoms with Gasteiger partial charge < -0.3 is 15.5 Å². The van der Waals surface area contributed by atoms with E-state index in [1.165, 1.54) is 0 Å². The summed E-state index contributed by atoms with van der Waals surface area (Å²) >= 11 is 0. The van der Waals surface area contributed by atoms with Crippen molar-refractivity contribution in [1.29, 1.82) is 0 Å². The molecule has 1 aromatic rings. The number of hydrogen-bond acceptors (Lipinski definition) is 2. The Labute approximate surface area is 140 Å². The Morgan fingerprint density at radius 1 is 1.26 bits per heavy atom. The van der Waals surface area contributed by atoms with Gasteiger partial charge in [0.2, 0.25) is 0 Å². The van der Waals surface area contributed by atoms with Crippen LogP contribution in [0.25, 0.3) is 0 Å². The van der Waals surface area contributed by atoms with Gasteiger partial charge in [-0.05, 0) is 50.6 Å². The lowest BCUT2D eigenvalue weighted by Gasteiger charge is -2.29. The Bertz CT molecular complexity index is 524. The van der Waals surface area contributed by atoms with Crippen LogP contribution in [-0.2, 0) is 6.54 Å². The molecule has 0 bridgehead atoms. The SMILES string of the molecule is CCNC(=NCc1ccc(C)c(F)c1)NCC(C)(C)CN(C)C. The van der Waals surface area contributed by atoms with Crippen LogP contribution in [0.2, 0.25) is 0 Å². The quantitative estimate of drug-likeness (QED) is 0.599. The molecule has 0 amide bonds. The van der Waals surface area contributed by atoms with Gasteiger partial charge in [-0.3, -0.25) is 0 Å². The number of nitrogens with one attached hydrogen (secondary N) is 2. The van der Waals surface area contributed by atoms with Crippen LogP contribution < -0.4 is 10.6 Å². The Balaban J connectivity index is 2.67. The lowest BCUT2D eigenvalue weighted by atomic mass is 9.93. The van der Waals surface area contributed by atoms with Crippen molar-refractivity contribution in [2.24, 2.45) is 10.4 Å². The van der Waals surface area contributed by atoms with Crippen LogP contribution in [0.15, 0.2) is 23.2 Å². The molecule has 0 aliphatic rings. The molecule has 0 spiro atoms. The highest BCUT2D eigenvalue weighted by atomic mass is 19.1. The fourth-order valence-corrected chi connectivity index (χ4v) is 2.48. The summed E-state index contributed by atoms with van der Waals surface area (Å²) in [6.45, 7) is 11.3. The Kier molecular flexibility index (Phi) is 7.49. The van der Waals surface area contributed by atoms with Crippen molar-refractivity contribution in [3.8, 4) is 0 Å². The molecule has 2 N–H and O–H groups in total. The lowest BCUT2D eigenvalue weighted by molar-refractivity contribution is 0.241. The first-order valence-electron chi connectivity index (χ1n) is 8.15. The molecule has 0 aliphatic carbocycles. The second-order valence-electron chi connectivity index (χ2n) is 7.03. The summed E-state index contributed by atoms with van der Waals surface area (Å²) in [6.07, 6.45) is 0. The van der Waals surface area contributed by atoms with Crippen molar-refractivity contribution in [2.45, 2.75) is 34.2 Å². The van der Waals surface area contributed by atoms with Gasteiger partial charge >= 0.3 is 0 Å². The number of halogens is 1. The van der Waals surface area contributed by atoms with Crippen LogP contribution >= 0.6 is 0 Å². The molecule has 0 aromatic heterocycles. The number of guanidine groups is 1. The van der Waals surface area contributed by atoms with Gasteiger partial charge in [-0.2, -0.15) is 0 Å². The molecule has 130 valence electrons. The van der Waals surface area contributed by atoms with Crippen LogP contribution in [0.3, 0.4) is 0 Å². The summed E-state index contributed by atoms with van der Waals surface area (Å²) in [5.74, 6) is 0.586. The number of aryl methyl sites for hydroxylation is 1. The maximum Gasteiger partial charge on any atom is 0.191 e. The third-order valence-electron chi connectivity index (χ3n) is 3.48. The molecule has 0 saturated carbocycles. The van der Waals surface area contributed by atoms with E-state index in [0.29, 0.717) is 12.1 Å². The summed E-state index contributed by atoms with van der Waals surface area (Å²) in [7, 11) is 4.15. The van der Waals surface area contributed by atoms with Crippen LogP contribution in [0.4, 0.5) is 4.39 Å². The smallest absolute Gasteiger partial charge is 0.191 e. The van der Waals surface area contributed by atoms with Crippen molar-refractivity contribution in [1.82, 2.24) is 15.5 Å². The fraction of sp³-hybridized carbons (Fsp3) is 0.611. The van der Waals surface area contributed by atoms with E-state index in [1.807, 2.05) is 13.0 Å². The minimum absolute atomic E-state index is 0.135. The van der Waals surface area contributed by atoms with Crippen LogP contribution in [0.5, 0.6) is 0 Å². The predicted molar refractivity (Wildman–Crippen MR) is 96.3 cm³/mol. The van der Waals surface area contributed by atoms with E-state index in [1.54, 1.807) is 19.1 Å². The van der Waals surface area contributed by atoms with E-state index in [2.05, 4.69) is 48.5 Å². The zero-order valence-electron chi connectivity index (χ0n) is 15.3. The third kappa shape index (κ3) is 7.46. The molecule has 0 aliphatic heterocycles. The van der Waals surface area contributed by atoms with Crippen LogP contribution in [0, 0.1) is 18.2 Å². The molecule has 0 unspecified atom stereocenters. The Morgan fingerprint density at radius 3 is 2.52 bits per heavy atom. The Hall–Kier alpha value is -1.62. The van der Waals surface area contributed by atoms with Crippen molar-refractivity contribution in [3.63, 3.8) is 0 Å². The van der Waals surface area contributed by atoms with Gasteiger partial charge in [0, 0.05) is 19.6 Å². The minimum atomic E-state index is -0.178. The van der Waals surface area contributed by atoms with Gasteiger partial charge in [-0.25, -0.2) is 9.38 Å². The molecular weight excluding hydrogens is 291 g/mol. The van der Waals surface area contributed by atoms with Gasteiger partial charge in [0.15, 0.2) is 5.96 Å². The van der Waals surface area contributed by atoms with Crippen molar-refractivity contribution >= 4 is 5.96 Å². The van der Waals surface area contributed by atoms with E-state index >= 15 is 0 Å². The zero-order valence-corrected chi connectivity index (χ0v) is 15.3. The van der Waals surface area contributed by atoms with Gasteiger partial charge in [-0.15, -0.1) is 0 Å². The zero-order chi connectivity index (χ0) is 17.5. The highest BCUT2D eigenvalue weighted by Gasteiger charge is 2.19. The standard InChI is InChI=1S/C18H31FN4/c1-7-20-17(22-12-18(3,4)13-23(5)6)21-11-15-9-8-14(2)16(19)10-15/h8-10H,7,11-13H2,1-6H3,(H2,20,21,22).